The average Bonchev–Trinajstić information content (AvgIpc) is 3.09. The SMILES string of the molecule is CCNC(=O)Nc1ccn(-c2nc(CS(C)(=O)=O)cc(N3CCOC[C@@H]3C)n2)n1. The first-order valence-corrected chi connectivity index (χ1v) is 11.3. The van der Waals surface area contributed by atoms with Gasteiger partial charge in [0, 0.05) is 37.7 Å². The number of carbonyl (C=O) groups is 1. The molecular weight excluding hydrogens is 398 g/mol. The first kappa shape index (κ1) is 21.0. The zero-order valence-corrected chi connectivity index (χ0v) is 17.4. The fourth-order valence-electron chi connectivity index (χ4n) is 2.95. The fourth-order valence-corrected chi connectivity index (χ4v) is 3.64. The highest BCUT2D eigenvalue weighted by Gasteiger charge is 2.23. The maximum atomic E-state index is 11.8. The normalized spacial score (nSPS) is 17.2. The van der Waals surface area contributed by atoms with E-state index < -0.39 is 9.84 Å². The quantitative estimate of drug-likeness (QED) is 0.689. The van der Waals surface area contributed by atoms with Crippen molar-refractivity contribution in [2.75, 3.05) is 42.8 Å². The molecule has 1 saturated heterocycles. The van der Waals surface area contributed by atoms with Gasteiger partial charge in [-0.15, -0.1) is 5.10 Å². The summed E-state index contributed by atoms with van der Waals surface area (Å²) in [5.41, 5.74) is 0.375. The summed E-state index contributed by atoms with van der Waals surface area (Å²) in [5.74, 6) is 0.954. The van der Waals surface area contributed by atoms with E-state index in [-0.39, 0.29) is 23.8 Å². The Kier molecular flexibility index (Phi) is 6.33. The monoisotopic (exact) mass is 423 g/mol. The van der Waals surface area contributed by atoms with Crippen molar-refractivity contribution in [2.24, 2.45) is 0 Å². The van der Waals surface area contributed by atoms with Crippen LogP contribution in [0.2, 0.25) is 0 Å². The van der Waals surface area contributed by atoms with E-state index in [0.717, 1.165) is 6.26 Å². The zero-order chi connectivity index (χ0) is 21.0. The molecule has 1 aliphatic heterocycles. The molecule has 0 bridgehead atoms. The summed E-state index contributed by atoms with van der Waals surface area (Å²) in [4.78, 5) is 22.7. The molecule has 11 nitrogen and oxygen atoms in total. The predicted octanol–water partition coefficient (Wildman–Crippen LogP) is 0.573. The first-order valence-electron chi connectivity index (χ1n) is 9.26. The number of morpholine rings is 1. The van der Waals surface area contributed by atoms with Crippen molar-refractivity contribution >= 4 is 27.5 Å². The second-order valence-corrected chi connectivity index (χ2v) is 8.98. The van der Waals surface area contributed by atoms with Gasteiger partial charge in [0.25, 0.3) is 5.95 Å². The van der Waals surface area contributed by atoms with Crippen LogP contribution in [0.3, 0.4) is 0 Å². The van der Waals surface area contributed by atoms with Crippen LogP contribution in [0.4, 0.5) is 16.4 Å². The van der Waals surface area contributed by atoms with Crippen LogP contribution in [-0.2, 0) is 20.3 Å². The largest absolute Gasteiger partial charge is 0.377 e. The molecule has 0 saturated carbocycles. The van der Waals surface area contributed by atoms with Gasteiger partial charge in [-0.3, -0.25) is 5.32 Å². The van der Waals surface area contributed by atoms with E-state index in [2.05, 4.69) is 30.6 Å². The third-order valence-electron chi connectivity index (χ3n) is 4.20. The molecule has 1 aliphatic rings. The topological polar surface area (TPSA) is 131 Å². The fraction of sp³-hybridized carbons (Fsp3) is 0.529. The van der Waals surface area contributed by atoms with E-state index in [1.165, 1.54) is 4.68 Å². The van der Waals surface area contributed by atoms with Crippen LogP contribution < -0.4 is 15.5 Å². The highest BCUT2D eigenvalue weighted by Crippen LogP contribution is 2.21. The van der Waals surface area contributed by atoms with Gasteiger partial charge >= 0.3 is 6.03 Å². The van der Waals surface area contributed by atoms with Gasteiger partial charge in [-0.05, 0) is 13.8 Å². The zero-order valence-electron chi connectivity index (χ0n) is 16.6. The second kappa shape index (κ2) is 8.74. The van der Waals surface area contributed by atoms with E-state index in [0.29, 0.717) is 43.6 Å². The summed E-state index contributed by atoms with van der Waals surface area (Å²) in [6.45, 7) is 6.08. The van der Waals surface area contributed by atoms with Crippen LogP contribution in [0.25, 0.3) is 5.95 Å². The Hall–Kier alpha value is -2.73. The molecule has 1 fully saturated rings. The lowest BCUT2D eigenvalue weighted by Gasteiger charge is -2.34. The lowest BCUT2D eigenvalue weighted by molar-refractivity contribution is 0.0985. The number of hydrogen-bond acceptors (Lipinski definition) is 8. The van der Waals surface area contributed by atoms with Gasteiger partial charge in [0.2, 0.25) is 0 Å². The van der Waals surface area contributed by atoms with E-state index in [9.17, 15) is 13.2 Å². The number of rotatable bonds is 6. The average molecular weight is 423 g/mol. The number of ether oxygens (including phenoxy) is 1. The number of nitrogens with zero attached hydrogens (tertiary/aromatic N) is 5. The molecule has 0 radical (unpaired) electrons. The maximum Gasteiger partial charge on any atom is 0.320 e. The van der Waals surface area contributed by atoms with E-state index in [1.807, 2.05) is 13.8 Å². The molecule has 3 heterocycles. The molecule has 0 spiro atoms. The number of anilines is 2. The molecule has 12 heteroatoms. The highest BCUT2D eigenvalue weighted by atomic mass is 32.2. The minimum atomic E-state index is -3.28. The molecular formula is C17H25N7O4S. The molecule has 0 aromatic carbocycles. The van der Waals surface area contributed by atoms with Crippen LogP contribution in [0, 0.1) is 0 Å². The molecule has 0 unspecified atom stereocenters. The van der Waals surface area contributed by atoms with Gasteiger partial charge in [0.15, 0.2) is 15.7 Å². The standard InChI is InChI=1S/C17H25N7O4S/c1-4-18-17(25)20-14-5-6-24(22-14)16-19-13(11-29(3,26)27)9-15(21-16)23-7-8-28-10-12(23)2/h5-6,9,12H,4,7-8,10-11H2,1-3H3,(H2,18,20,22,25)/t12-/m0/s1. The van der Waals surface area contributed by atoms with Gasteiger partial charge in [0.05, 0.1) is 30.7 Å². The summed E-state index contributed by atoms with van der Waals surface area (Å²) in [7, 11) is -3.28. The van der Waals surface area contributed by atoms with Crippen LogP contribution >= 0.6 is 0 Å². The molecule has 3 rings (SSSR count). The van der Waals surface area contributed by atoms with E-state index >= 15 is 0 Å². The Morgan fingerprint density at radius 2 is 2.17 bits per heavy atom. The molecule has 0 aliphatic carbocycles. The van der Waals surface area contributed by atoms with Gasteiger partial charge in [0.1, 0.15) is 5.82 Å². The molecule has 2 aromatic rings. The van der Waals surface area contributed by atoms with Crippen LogP contribution in [0.5, 0.6) is 0 Å². The van der Waals surface area contributed by atoms with Gasteiger partial charge in [-0.1, -0.05) is 0 Å². The smallest absolute Gasteiger partial charge is 0.320 e. The third kappa shape index (κ3) is 5.64. The van der Waals surface area contributed by atoms with Gasteiger partial charge < -0.3 is 15.0 Å². The van der Waals surface area contributed by atoms with Crippen molar-refractivity contribution < 1.29 is 17.9 Å². The van der Waals surface area contributed by atoms with Gasteiger partial charge in [-0.25, -0.2) is 22.9 Å². The number of nitrogens with one attached hydrogen (secondary N) is 2. The van der Waals surface area contributed by atoms with Crippen molar-refractivity contribution in [3.63, 3.8) is 0 Å². The Morgan fingerprint density at radius 1 is 1.38 bits per heavy atom. The number of urea groups is 1. The van der Waals surface area contributed by atoms with Crippen molar-refractivity contribution in [2.45, 2.75) is 25.6 Å². The Morgan fingerprint density at radius 3 is 2.86 bits per heavy atom. The number of hydrogen-bond donors (Lipinski definition) is 2. The molecule has 29 heavy (non-hydrogen) atoms. The minimum absolute atomic E-state index is 0.0881. The van der Waals surface area contributed by atoms with Gasteiger partial charge in [-0.2, -0.15) is 4.98 Å². The molecule has 158 valence electrons. The lowest BCUT2D eigenvalue weighted by atomic mass is 10.2. The second-order valence-electron chi connectivity index (χ2n) is 6.83. The summed E-state index contributed by atoms with van der Waals surface area (Å²) in [6, 6.07) is 3.01. The predicted molar refractivity (Wildman–Crippen MR) is 108 cm³/mol. The summed E-state index contributed by atoms with van der Waals surface area (Å²) < 4.78 is 30.5. The van der Waals surface area contributed by atoms with Crippen LogP contribution in [0.1, 0.15) is 19.5 Å². The summed E-state index contributed by atoms with van der Waals surface area (Å²) >= 11 is 0. The number of sulfone groups is 1. The number of aromatic nitrogens is 4. The molecule has 2 N–H and O–H groups in total. The minimum Gasteiger partial charge on any atom is -0.377 e. The van der Waals surface area contributed by atoms with Crippen molar-refractivity contribution in [3.05, 3.63) is 24.0 Å². The van der Waals surface area contributed by atoms with Crippen molar-refractivity contribution in [1.82, 2.24) is 25.1 Å². The third-order valence-corrected chi connectivity index (χ3v) is 5.02. The highest BCUT2D eigenvalue weighted by molar-refractivity contribution is 7.89. The summed E-state index contributed by atoms with van der Waals surface area (Å²) in [5, 5.41) is 9.50. The molecule has 2 amide bonds. The molecule has 2 aromatic heterocycles. The van der Waals surface area contributed by atoms with Crippen LogP contribution in [0.15, 0.2) is 18.3 Å². The lowest BCUT2D eigenvalue weighted by Crippen LogP contribution is -2.44. The maximum absolute atomic E-state index is 11.8. The van der Waals surface area contributed by atoms with E-state index in [4.69, 9.17) is 4.74 Å². The summed E-state index contributed by atoms with van der Waals surface area (Å²) in [6.07, 6.45) is 2.77. The van der Waals surface area contributed by atoms with E-state index in [1.54, 1.807) is 18.3 Å². The Balaban J connectivity index is 1.95. The first-order chi connectivity index (χ1) is 13.7. The Bertz CT molecular complexity index is 976. The van der Waals surface area contributed by atoms with Crippen molar-refractivity contribution in [3.8, 4) is 5.95 Å². The Labute approximate surface area is 169 Å². The van der Waals surface area contributed by atoms with Crippen molar-refractivity contribution in [1.29, 1.82) is 0 Å². The molecule has 1 atom stereocenters. The number of carbonyl (C=O) groups excluding carboxylic acids is 1. The number of amides is 2. The van der Waals surface area contributed by atoms with Crippen LogP contribution in [-0.4, -0.2) is 72.8 Å².